The van der Waals surface area contributed by atoms with Gasteiger partial charge >= 0.3 is 5.97 Å². The number of aliphatic carboxylic acids is 1. The maximum atomic E-state index is 10.9. The van der Waals surface area contributed by atoms with E-state index in [0.29, 0.717) is 6.42 Å². The predicted molar refractivity (Wildman–Crippen MR) is 62.6 cm³/mol. The highest BCUT2D eigenvalue weighted by Gasteiger charge is 2.28. The van der Waals surface area contributed by atoms with E-state index in [1.807, 2.05) is 18.2 Å². The Morgan fingerprint density at radius 1 is 1.62 bits per heavy atom. The summed E-state index contributed by atoms with van der Waals surface area (Å²) in [5.41, 5.74) is 7.91. The summed E-state index contributed by atoms with van der Waals surface area (Å²) < 4.78 is 0. The van der Waals surface area contributed by atoms with Crippen molar-refractivity contribution >= 4 is 11.7 Å². The fraction of sp³-hybridized carbons (Fsp3) is 0.417. The van der Waals surface area contributed by atoms with E-state index in [2.05, 4.69) is 5.32 Å². The average Bonchev–Trinajstić information content (AvgIpc) is 2.63. The molecule has 4 heteroatoms. The molecule has 4 nitrogen and oxygen atoms in total. The van der Waals surface area contributed by atoms with Crippen LogP contribution in [0.4, 0.5) is 5.69 Å². The molecule has 0 aliphatic carbocycles. The molecule has 0 bridgehead atoms. The fourth-order valence-corrected chi connectivity index (χ4v) is 1.97. The lowest BCUT2D eigenvalue weighted by molar-refractivity contribution is -0.142. The van der Waals surface area contributed by atoms with Crippen molar-refractivity contribution in [3.8, 4) is 0 Å². The zero-order valence-electron chi connectivity index (χ0n) is 9.29. The van der Waals surface area contributed by atoms with Gasteiger partial charge in [-0.2, -0.15) is 0 Å². The summed E-state index contributed by atoms with van der Waals surface area (Å²) in [6.45, 7) is 2.50. The van der Waals surface area contributed by atoms with Crippen LogP contribution in [0.5, 0.6) is 0 Å². The van der Waals surface area contributed by atoms with Crippen LogP contribution in [0.1, 0.15) is 18.1 Å². The van der Waals surface area contributed by atoms with Crippen molar-refractivity contribution in [1.29, 1.82) is 0 Å². The molecule has 86 valence electrons. The molecule has 16 heavy (non-hydrogen) atoms. The first-order valence-corrected chi connectivity index (χ1v) is 5.37. The lowest BCUT2D eigenvalue weighted by atomic mass is 9.93. The minimum Gasteiger partial charge on any atom is -0.480 e. The standard InChI is InChI=1S/C12H16N2O2/c1-12(13,11(15)16)7-8-2-3-10-9(6-8)4-5-14-10/h2-3,6,14H,4-5,7,13H2,1H3,(H,15,16). The number of hydrogen-bond donors (Lipinski definition) is 3. The van der Waals surface area contributed by atoms with Crippen LogP contribution in [-0.2, 0) is 17.6 Å². The summed E-state index contributed by atoms with van der Waals surface area (Å²) >= 11 is 0. The Kier molecular flexibility index (Phi) is 2.59. The van der Waals surface area contributed by atoms with Crippen molar-refractivity contribution in [3.63, 3.8) is 0 Å². The number of carbonyl (C=O) groups is 1. The van der Waals surface area contributed by atoms with E-state index in [9.17, 15) is 4.79 Å². The summed E-state index contributed by atoms with van der Waals surface area (Å²) in [4.78, 5) is 10.9. The van der Waals surface area contributed by atoms with Crippen LogP contribution in [0.3, 0.4) is 0 Å². The zero-order valence-corrected chi connectivity index (χ0v) is 9.29. The lowest BCUT2D eigenvalue weighted by Crippen LogP contribution is -2.46. The third kappa shape index (κ3) is 2.02. The fourth-order valence-electron chi connectivity index (χ4n) is 1.97. The second kappa shape index (κ2) is 3.79. The molecule has 0 saturated carbocycles. The van der Waals surface area contributed by atoms with E-state index in [-0.39, 0.29) is 0 Å². The van der Waals surface area contributed by atoms with Gasteiger partial charge in [0.05, 0.1) is 0 Å². The van der Waals surface area contributed by atoms with Crippen molar-refractivity contribution < 1.29 is 9.90 Å². The highest BCUT2D eigenvalue weighted by molar-refractivity contribution is 5.78. The lowest BCUT2D eigenvalue weighted by Gasteiger charge is -2.19. The average molecular weight is 220 g/mol. The van der Waals surface area contributed by atoms with Gasteiger partial charge in [-0.15, -0.1) is 0 Å². The molecule has 1 unspecified atom stereocenters. The number of carboxylic acid groups (broad SMARTS) is 1. The molecule has 1 aliphatic heterocycles. The van der Waals surface area contributed by atoms with Crippen LogP contribution in [0, 0.1) is 0 Å². The molecule has 1 aromatic carbocycles. The molecular weight excluding hydrogens is 204 g/mol. The Bertz CT molecular complexity index is 427. The molecule has 0 radical (unpaired) electrons. The van der Waals surface area contributed by atoms with Crippen molar-refractivity contribution in [2.24, 2.45) is 5.73 Å². The Balaban J connectivity index is 2.20. The first kappa shape index (κ1) is 11.0. The normalized spacial score (nSPS) is 17.4. The van der Waals surface area contributed by atoms with Gasteiger partial charge in [0.15, 0.2) is 0 Å². The van der Waals surface area contributed by atoms with Gasteiger partial charge < -0.3 is 16.2 Å². The maximum Gasteiger partial charge on any atom is 0.323 e. The van der Waals surface area contributed by atoms with Crippen molar-refractivity contribution in [3.05, 3.63) is 29.3 Å². The van der Waals surface area contributed by atoms with Gasteiger partial charge in [0, 0.05) is 18.7 Å². The summed E-state index contributed by atoms with van der Waals surface area (Å²) in [7, 11) is 0. The van der Waals surface area contributed by atoms with Crippen LogP contribution < -0.4 is 11.1 Å². The molecule has 0 aromatic heterocycles. The Morgan fingerprint density at radius 2 is 2.38 bits per heavy atom. The third-order valence-corrected chi connectivity index (χ3v) is 2.94. The molecule has 1 aromatic rings. The minimum atomic E-state index is -1.19. The number of benzene rings is 1. The van der Waals surface area contributed by atoms with Crippen molar-refractivity contribution in [2.45, 2.75) is 25.3 Å². The van der Waals surface area contributed by atoms with Gasteiger partial charge in [0.25, 0.3) is 0 Å². The highest BCUT2D eigenvalue weighted by Crippen LogP contribution is 2.24. The Hall–Kier alpha value is -1.55. The predicted octanol–water partition coefficient (Wildman–Crippen LogP) is 0.999. The van der Waals surface area contributed by atoms with E-state index >= 15 is 0 Å². The Morgan fingerprint density at radius 3 is 3.06 bits per heavy atom. The van der Waals surface area contributed by atoms with E-state index in [4.69, 9.17) is 10.8 Å². The summed E-state index contributed by atoms with van der Waals surface area (Å²) in [6, 6.07) is 5.98. The highest BCUT2D eigenvalue weighted by atomic mass is 16.4. The Labute approximate surface area is 94.5 Å². The monoisotopic (exact) mass is 220 g/mol. The zero-order chi connectivity index (χ0) is 11.8. The van der Waals surface area contributed by atoms with Crippen LogP contribution in [0.2, 0.25) is 0 Å². The van der Waals surface area contributed by atoms with E-state index in [0.717, 1.165) is 24.2 Å². The van der Waals surface area contributed by atoms with Crippen molar-refractivity contribution in [2.75, 3.05) is 11.9 Å². The summed E-state index contributed by atoms with van der Waals surface area (Å²) in [6.07, 6.45) is 1.35. The number of rotatable bonds is 3. The molecule has 0 amide bonds. The minimum absolute atomic E-state index is 0.357. The third-order valence-electron chi connectivity index (χ3n) is 2.94. The number of carboxylic acids is 1. The van der Waals surface area contributed by atoms with Gasteiger partial charge in [-0.3, -0.25) is 4.79 Å². The molecule has 1 atom stereocenters. The topological polar surface area (TPSA) is 75.3 Å². The van der Waals surface area contributed by atoms with Crippen molar-refractivity contribution in [1.82, 2.24) is 0 Å². The van der Waals surface area contributed by atoms with E-state index < -0.39 is 11.5 Å². The maximum absolute atomic E-state index is 10.9. The van der Waals surface area contributed by atoms with Gasteiger partial charge in [-0.05, 0) is 30.5 Å². The van der Waals surface area contributed by atoms with Crippen LogP contribution in [-0.4, -0.2) is 23.2 Å². The molecular formula is C12H16N2O2. The number of nitrogens with one attached hydrogen (secondary N) is 1. The first-order valence-electron chi connectivity index (χ1n) is 5.37. The van der Waals surface area contributed by atoms with Gasteiger partial charge in [0.1, 0.15) is 5.54 Å². The number of nitrogens with two attached hydrogens (primary N) is 1. The molecule has 0 saturated heterocycles. The largest absolute Gasteiger partial charge is 0.480 e. The number of hydrogen-bond acceptors (Lipinski definition) is 3. The molecule has 1 aliphatic rings. The summed E-state index contributed by atoms with van der Waals surface area (Å²) in [5, 5.41) is 12.2. The van der Waals surface area contributed by atoms with Gasteiger partial charge in [0.2, 0.25) is 0 Å². The van der Waals surface area contributed by atoms with Crippen LogP contribution in [0.15, 0.2) is 18.2 Å². The smallest absolute Gasteiger partial charge is 0.323 e. The van der Waals surface area contributed by atoms with Gasteiger partial charge in [-0.25, -0.2) is 0 Å². The molecule has 2 rings (SSSR count). The molecule has 1 heterocycles. The quantitative estimate of drug-likeness (QED) is 0.710. The SMILES string of the molecule is CC(N)(Cc1ccc2c(c1)CCN2)C(=O)O. The van der Waals surface area contributed by atoms with Crippen LogP contribution >= 0.6 is 0 Å². The molecule has 4 N–H and O–H groups in total. The molecule has 0 spiro atoms. The van der Waals surface area contributed by atoms with E-state index in [1.165, 1.54) is 5.56 Å². The second-order valence-corrected chi connectivity index (χ2v) is 4.57. The second-order valence-electron chi connectivity index (χ2n) is 4.57. The molecule has 0 fully saturated rings. The van der Waals surface area contributed by atoms with E-state index in [1.54, 1.807) is 6.92 Å². The number of anilines is 1. The van der Waals surface area contributed by atoms with Gasteiger partial charge in [-0.1, -0.05) is 12.1 Å². The van der Waals surface area contributed by atoms with Crippen LogP contribution in [0.25, 0.3) is 0 Å². The summed E-state index contributed by atoms with van der Waals surface area (Å²) in [5.74, 6) is -0.967. The first-order chi connectivity index (χ1) is 7.49. The number of fused-ring (bicyclic) bond motifs is 1.